The molecule has 1 aromatic rings. The summed E-state index contributed by atoms with van der Waals surface area (Å²) >= 11 is 0. The lowest BCUT2D eigenvalue weighted by Gasteiger charge is -2.53. The van der Waals surface area contributed by atoms with Gasteiger partial charge in [-0.05, 0) is 62.1 Å². The van der Waals surface area contributed by atoms with Crippen molar-refractivity contribution >= 4 is 22.0 Å². The Morgan fingerprint density at radius 2 is 1.85 bits per heavy atom. The van der Waals surface area contributed by atoms with Crippen LogP contribution < -0.4 is 4.72 Å². The van der Waals surface area contributed by atoms with E-state index in [9.17, 15) is 22.4 Å². The molecular weight excluding hydrogens is 447 g/mol. The van der Waals surface area contributed by atoms with Gasteiger partial charge < -0.3 is 14.7 Å². The maximum absolute atomic E-state index is 13.4. The van der Waals surface area contributed by atoms with E-state index >= 15 is 0 Å². The second-order valence-electron chi connectivity index (χ2n) is 9.90. The number of amides is 3. The van der Waals surface area contributed by atoms with E-state index in [0.29, 0.717) is 57.3 Å². The summed E-state index contributed by atoms with van der Waals surface area (Å²) in [5, 5.41) is 0. The summed E-state index contributed by atoms with van der Waals surface area (Å²) in [6, 6.07) is 4.97. The average Bonchev–Trinajstić information content (AvgIpc) is 2.79. The first kappa shape index (κ1) is 22.6. The molecule has 5 rings (SSSR count). The zero-order valence-corrected chi connectivity index (χ0v) is 19.5. The van der Waals surface area contributed by atoms with E-state index in [1.54, 1.807) is 0 Å². The van der Waals surface area contributed by atoms with Crippen LogP contribution in [0.1, 0.15) is 38.5 Å². The number of halogens is 1. The van der Waals surface area contributed by atoms with Crippen LogP contribution in [0.15, 0.2) is 29.2 Å². The fourth-order valence-electron chi connectivity index (χ4n) is 6.08. The largest absolute Gasteiger partial charge is 0.339 e. The van der Waals surface area contributed by atoms with Crippen molar-refractivity contribution in [2.75, 3.05) is 32.7 Å². The van der Waals surface area contributed by atoms with Gasteiger partial charge in [-0.3, -0.25) is 4.79 Å². The number of carbonyl (C=O) groups is 2. The molecule has 0 saturated carbocycles. The summed E-state index contributed by atoms with van der Waals surface area (Å²) in [5.41, 5.74) is 0. The first-order valence-corrected chi connectivity index (χ1v) is 13.4. The summed E-state index contributed by atoms with van der Waals surface area (Å²) in [7, 11) is -3.80. The van der Waals surface area contributed by atoms with E-state index < -0.39 is 15.8 Å². The van der Waals surface area contributed by atoms with Gasteiger partial charge in [0.15, 0.2) is 0 Å². The van der Waals surface area contributed by atoms with Crippen LogP contribution in [0.4, 0.5) is 9.18 Å². The number of rotatable bonds is 3. The molecule has 8 nitrogen and oxygen atoms in total. The number of nitrogens with zero attached hydrogens (tertiary/aromatic N) is 3. The molecule has 0 radical (unpaired) electrons. The number of sulfonamides is 1. The molecule has 1 aromatic carbocycles. The Bertz CT molecular complexity index is 1030. The van der Waals surface area contributed by atoms with Gasteiger partial charge in [0.05, 0.1) is 4.90 Å². The number of hydrogen-bond donors (Lipinski definition) is 1. The highest BCUT2D eigenvalue weighted by molar-refractivity contribution is 7.89. The van der Waals surface area contributed by atoms with Crippen molar-refractivity contribution in [3.63, 3.8) is 0 Å². The van der Waals surface area contributed by atoms with Gasteiger partial charge in [0.1, 0.15) is 5.82 Å². The summed E-state index contributed by atoms with van der Waals surface area (Å²) < 4.78 is 41.2. The van der Waals surface area contributed by atoms with E-state index in [1.807, 2.05) is 9.80 Å². The summed E-state index contributed by atoms with van der Waals surface area (Å²) in [5.74, 6) is 0.358. The number of benzene rings is 1. The van der Waals surface area contributed by atoms with Crippen LogP contribution in [-0.4, -0.2) is 79.9 Å². The van der Waals surface area contributed by atoms with Crippen molar-refractivity contribution in [2.24, 2.45) is 11.8 Å². The molecule has 3 amide bonds. The highest BCUT2D eigenvalue weighted by Crippen LogP contribution is 2.38. The number of nitrogens with one attached hydrogen (secondary N) is 1. The van der Waals surface area contributed by atoms with Crippen LogP contribution >= 0.6 is 0 Å². The van der Waals surface area contributed by atoms with Gasteiger partial charge >= 0.3 is 6.03 Å². The Morgan fingerprint density at radius 1 is 1.06 bits per heavy atom. The third-order valence-electron chi connectivity index (χ3n) is 7.64. The molecule has 4 fully saturated rings. The van der Waals surface area contributed by atoms with Crippen LogP contribution in [0, 0.1) is 17.7 Å². The van der Waals surface area contributed by atoms with Gasteiger partial charge in [-0.25, -0.2) is 22.3 Å². The highest BCUT2D eigenvalue weighted by Gasteiger charge is 2.45. The minimum Gasteiger partial charge on any atom is -0.339 e. The molecular formula is C23H31FN4O4S. The van der Waals surface area contributed by atoms with Gasteiger partial charge in [-0.15, -0.1) is 0 Å². The topological polar surface area (TPSA) is 90.0 Å². The Morgan fingerprint density at radius 3 is 2.61 bits per heavy atom. The molecule has 4 saturated heterocycles. The van der Waals surface area contributed by atoms with Crippen molar-refractivity contribution < 1.29 is 22.4 Å². The molecule has 3 atom stereocenters. The third-order valence-corrected chi connectivity index (χ3v) is 9.16. The smallest absolute Gasteiger partial charge is 0.320 e. The molecule has 0 spiro atoms. The van der Waals surface area contributed by atoms with Crippen molar-refractivity contribution in [3.05, 3.63) is 30.1 Å². The number of hydrogen-bond acceptors (Lipinski definition) is 4. The lowest BCUT2D eigenvalue weighted by molar-refractivity contribution is -0.144. The summed E-state index contributed by atoms with van der Waals surface area (Å²) in [6.45, 7) is 3.09. The molecule has 10 heteroatoms. The average molecular weight is 479 g/mol. The van der Waals surface area contributed by atoms with Gasteiger partial charge in [-0.2, -0.15) is 0 Å². The molecule has 0 aromatic heterocycles. The minimum atomic E-state index is -3.80. The Kier molecular flexibility index (Phi) is 6.07. The predicted octanol–water partition coefficient (Wildman–Crippen LogP) is 2.02. The quantitative estimate of drug-likeness (QED) is 0.720. The van der Waals surface area contributed by atoms with E-state index in [-0.39, 0.29) is 28.9 Å². The van der Waals surface area contributed by atoms with E-state index in [1.165, 1.54) is 18.2 Å². The molecule has 1 N–H and O–H groups in total. The van der Waals surface area contributed by atoms with Crippen molar-refractivity contribution in [3.8, 4) is 0 Å². The zero-order chi connectivity index (χ0) is 23.2. The third kappa shape index (κ3) is 4.59. The molecule has 33 heavy (non-hydrogen) atoms. The van der Waals surface area contributed by atoms with Crippen LogP contribution in [0.2, 0.25) is 0 Å². The summed E-state index contributed by atoms with van der Waals surface area (Å²) in [6.07, 6.45) is 4.74. The van der Waals surface area contributed by atoms with Gasteiger partial charge in [-0.1, -0.05) is 6.07 Å². The predicted molar refractivity (Wildman–Crippen MR) is 119 cm³/mol. The minimum absolute atomic E-state index is 0.0201. The molecule has 4 aliphatic rings. The SMILES string of the molecule is O=C(N1CCC(NS(=O)(=O)c2cccc(F)c2)CC1)N1CC2CC(C1)[C@H]1CCCC(=O)N1C2. The number of likely N-dealkylation sites (tertiary alicyclic amines) is 2. The Hall–Kier alpha value is -2.20. The molecule has 0 aliphatic carbocycles. The van der Waals surface area contributed by atoms with Crippen molar-refractivity contribution in [1.29, 1.82) is 0 Å². The van der Waals surface area contributed by atoms with Crippen LogP contribution in [0.3, 0.4) is 0 Å². The number of piperidine rings is 4. The number of carbonyl (C=O) groups excluding carboxylic acids is 2. The second kappa shape index (κ2) is 8.87. The molecule has 4 heterocycles. The lowest BCUT2D eigenvalue weighted by atomic mass is 9.76. The standard InChI is InChI=1S/C23H31FN4O4S/c24-18-3-1-4-20(12-18)33(31,32)25-19-7-9-26(10-8-19)23(30)27-13-16-11-17(15-27)21-5-2-6-22(29)28(21)14-16/h1,3-4,12,16-17,19,21,25H,2,5-11,13-15H2/t16?,17?,21-/m1/s1. The fraction of sp³-hybridized carbons (Fsp3) is 0.652. The van der Waals surface area contributed by atoms with E-state index in [4.69, 9.17) is 0 Å². The second-order valence-corrected chi connectivity index (χ2v) is 11.6. The molecule has 2 unspecified atom stereocenters. The molecule has 4 aliphatic heterocycles. The maximum atomic E-state index is 13.4. The fourth-order valence-corrected chi connectivity index (χ4v) is 7.41. The van der Waals surface area contributed by atoms with Crippen molar-refractivity contribution in [1.82, 2.24) is 19.4 Å². The van der Waals surface area contributed by atoms with Crippen molar-refractivity contribution in [2.45, 2.75) is 55.5 Å². The van der Waals surface area contributed by atoms with Crippen LogP contribution in [0.5, 0.6) is 0 Å². The van der Waals surface area contributed by atoms with E-state index in [0.717, 1.165) is 31.9 Å². The molecule has 180 valence electrons. The number of fused-ring (bicyclic) bond motifs is 4. The normalized spacial score (nSPS) is 28.6. The lowest BCUT2D eigenvalue weighted by Crippen LogP contribution is -2.62. The van der Waals surface area contributed by atoms with E-state index in [2.05, 4.69) is 9.62 Å². The monoisotopic (exact) mass is 478 g/mol. The first-order chi connectivity index (χ1) is 15.8. The highest BCUT2D eigenvalue weighted by atomic mass is 32.2. The Labute approximate surface area is 194 Å². The Balaban J connectivity index is 1.16. The maximum Gasteiger partial charge on any atom is 0.320 e. The van der Waals surface area contributed by atoms with Gasteiger partial charge in [0.25, 0.3) is 0 Å². The molecule has 2 bridgehead atoms. The zero-order valence-electron chi connectivity index (χ0n) is 18.7. The van der Waals surface area contributed by atoms with Crippen LogP contribution in [-0.2, 0) is 14.8 Å². The first-order valence-electron chi connectivity index (χ1n) is 11.9. The van der Waals surface area contributed by atoms with Gasteiger partial charge in [0.2, 0.25) is 15.9 Å². The van der Waals surface area contributed by atoms with Gasteiger partial charge in [0, 0.05) is 51.2 Å². The van der Waals surface area contributed by atoms with Crippen LogP contribution in [0.25, 0.3) is 0 Å². The number of urea groups is 1. The summed E-state index contributed by atoms with van der Waals surface area (Å²) in [4.78, 5) is 31.3.